The summed E-state index contributed by atoms with van der Waals surface area (Å²) in [4.78, 5) is 0. The fraction of sp³-hybridized carbons (Fsp3) is 0.176. The third-order valence-electron chi connectivity index (χ3n) is 3.33. The number of hydrogen-bond donors (Lipinski definition) is 5. The van der Waals surface area contributed by atoms with Crippen LogP contribution in [0.4, 0.5) is 22.7 Å². The van der Waals surface area contributed by atoms with Crippen molar-refractivity contribution in [3.05, 3.63) is 53.6 Å². The van der Waals surface area contributed by atoms with Crippen LogP contribution in [0.5, 0.6) is 0 Å². The molecule has 0 aliphatic heterocycles. The van der Waals surface area contributed by atoms with Gasteiger partial charge < -0.3 is 27.6 Å². The van der Waals surface area contributed by atoms with E-state index in [-0.39, 0.29) is 19.0 Å². The Kier molecular flexibility index (Phi) is 7.25. The average Bonchev–Trinajstić information content (AvgIpc) is 2.49. The van der Waals surface area contributed by atoms with Gasteiger partial charge in [-0.2, -0.15) is 0 Å². The molecule has 0 fully saturated rings. The standard InChI is InChI=1S/C17H22N4O.ClH/c18-14-3-5-16(20)12(10-14)2-1-8-21-17-6-4-15(19)11-13(17)7-9-22;/h1-6,10-11,21-22H,7-9,18-20H2;1H. The molecule has 2 aromatic rings. The summed E-state index contributed by atoms with van der Waals surface area (Å²) in [7, 11) is 0. The number of aliphatic hydroxyl groups excluding tert-OH is 1. The van der Waals surface area contributed by atoms with Crippen LogP contribution in [0, 0.1) is 0 Å². The van der Waals surface area contributed by atoms with E-state index in [0.29, 0.717) is 30.0 Å². The van der Waals surface area contributed by atoms with Crippen molar-refractivity contribution in [3.63, 3.8) is 0 Å². The van der Waals surface area contributed by atoms with Crippen molar-refractivity contribution < 1.29 is 5.11 Å². The summed E-state index contributed by atoms with van der Waals surface area (Å²) in [5.74, 6) is 0. The van der Waals surface area contributed by atoms with Crippen LogP contribution in [0.3, 0.4) is 0 Å². The Morgan fingerprint density at radius 3 is 2.43 bits per heavy atom. The first-order chi connectivity index (χ1) is 10.6. The second-order valence-electron chi connectivity index (χ2n) is 5.06. The van der Waals surface area contributed by atoms with Crippen LogP contribution < -0.4 is 22.5 Å². The maximum Gasteiger partial charge on any atom is 0.0472 e. The molecule has 0 spiro atoms. The molecule has 0 unspecified atom stereocenters. The molecular weight excluding hydrogens is 312 g/mol. The Morgan fingerprint density at radius 1 is 1.00 bits per heavy atom. The predicted octanol–water partition coefficient (Wildman–Crippen LogP) is 2.52. The fourth-order valence-corrected chi connectivity index (χ4v) is 2.21. The largest absolute Gasteiger partial charge is 0.399 e. The first kappa shape index (κ1) is 18.7. The molecule has 8 N–H and O–H groups in total. The molecule has 0 bridgehead atoms. The number of benzene rings is 2. The van der Waals surface area contributed by atoms with E-state index < -0.39 is 0 Å². The van der Waals surface area contributed by atoms with E-state index >= 15 is 0 Å². The summed E-state index contributed by atoms with van der Waals surface area (Å²) in [6.45, 7) is 0.727. The molecule has 0 saturated carbocycles. The van der Waals surface area contributed by atoms with E-state index in [1.165, 1.54) is 0 Å². The molecular formula is C17H23ClN4O. The number of nitrogens with two attached hydrogens (primary N) is 3. The van der Waals surface area contributed by atoms with Crippen molar-refractivity contribution in [1.29, 1.82) is 0 Å². The minimum atomic E-state index is 0. The van der Waals surface area contributed by atoms with Crippen molar-refractivity contribution in [1.82, 2.24) is 0 Å². The Bertz CT molecular complexity index is 674. The van der Waals surface area contributed by atoms with Crippen LogP contribution in [-0.2, 0) is 6.42 Å². The number of halogens is 1. The van der Waals surface area contributed by atoms with Crippen molar-refractivity contribution in [3.8, 4) is 0 Å². The third-order valence-corrected chi connectivity index (χ3v) is 3.33. The Labute approximate surface area is 142 Å². The molecule has 0 radical (unpaired) electrons. The highest BCUT2D eigenvalue weighted by Gasteiger charge is 2.01. The van der Waals surface area contributed by atoms with Crippen LogP contribution >= 0.6 is 12.4 Å². The lowest BCUT2D eigenvalue weighted by atomic mass is 10.1. The number of hydrogen-bond acceptors (Lipinski definition) is 5. The van der Waals surface area contributed by atoms with E-state index in [0.717, 1.165) is 16.8 Å². The van der Waals surface area contributed by atoms with Gasteiger partial charge in [0.2, 0.25) is 0 Å². The maximum absolute atomic E-state index is 9.10. The van der Waals surface area contributed by atoms with Gasteiger partial charge in [-0.15, -0.1) is 12.4 Å². The first-order valence-electron chi connectivity index (χ1n) is 7.15. The maximum atomic E-state index is 9.10. The lowest BCUT2D eigenvalue weighted by molar-refractivity contribution is 0.300. The third kappa shape index (κ3) is 5.39. The second-order valence-corrected chi connectivity index (χ2v) is 5.06. The van der Waals surface area contributed by atoms with Gasteiger partial charge in [-0.1, -0.05) is 12.2 Å². The van der Waals surface area contributed by atoms with Gasteiger partial charge in [0.1, 0.15) is 0 Å². The summed E-state index contributed by atoms with van der Waals surface area (Å²) < 4.78 is 0. The Balaban J connectivity index is 0.00000264. The predicted molar refractivity (Wildman–Crippen MR) is 102 cm³/mol. The van der Waals surface area contributed by atoms with Crippen LogP contribution in [0.25, 0.3) is 6.08 Å². The molecule has 23 heavy (non-hydrogen) atoms. The molecule has 5 nitrogen and oxygen atoms in total. The van der Waals surface area contributed by atoms with Gasteiger partial charge in [0.15, 0.2) is 0 Å². The number of anilines is 4. The molecule has 6 heteroatoms. The highest BCUT2D eigenvalue weighted by Crippen LogP contribution is 2.20. The summed E-state index contributed by atoms with van der Waals surface area (Å²) in [6, 6.07) is 11.0. The van der Waals surface area contributed by atoms with Crippen molar-refractivity contribution in [2.45, 2.75) is 6.42 Å². The van der Waals surface area contributed by atoms with Crippen LogP contribution in [0.1, 0.15) is 11.1 Å². The summed E-state index contributed by atoms with van der Waals surface area (Å²) >= 11 is 0. The SMILES string of the molecule is Cl.Nc1ccc(N)c(C=CCNc2ccc(N)cc2CCO)c1. The van der Waals surface area contributed by atoms with Crippen molar-refractivity contribution in [2.24, 2.45) is 0 Å². The molecule has 2 aromatic carbocycles. The molecule has 0 amide bonds. The summed E-state index contributed by atoms with van der Waals surface area (Å²) in [5.41, 5.74) is 22.3. The van der Waals surface area contributed by atoms with Crippen LogP contribution in [0.15, 0.2) is 42.5 Å². The minimum absolute atomic E-state index is 0. The zero-order valence-corrected chi connectivity index (χ0v) is 13.6. The van der Waals surface area contributed by atoms with E-state index in [9.17, 15) is 0 Å². The molecule has 0 heterocycles. The number of nitrogens with one attached hydrogen (secondary N) is 1. The minimum Gasteiger partial charge on any atom is -0.399 e. The topological polar surface area (TPSA) is 110 Å². The van der Waals surface area contributed by atoms with Gasteiger partial charge >= 0.3 is 0 Å². The Morgan fingerprint density at radius 2 is 1.70 bits per heavy atom. The zero-order chi connectivity index (χ0) is 15.9. The van der Waals surface area contributed by atoms with E-state index in [2.05, 4.69) is 5.32 Å². The zero-order valence-electron chi connectivity index (χ0n) is 12.8. The van der Waals surface area contributed by atoms with Gasteiger partial charge in [0, 0.05) is 35.9 Å². The molecule has 0 atom stereocenters. The van der Waals surface area contributed by atoms with Crippen LogP contribution in [0.2, 0.25) is 0 Å². The number of rotatable bonds is 6. The highest BCUT2D eigenvalue weighted by molar-refractivity contribution is 5.85. The van der Waals surface area contributed by atoms with Gasteiger partial charge in [-0.05, 0) is 53.9 Å². The van der Waals surface area contributed by atoms with Gasteiger partial charge in [0.05, 0.1) is 0 Å². The fourth-order valence-electron chi connectivity index (χ4n) is 2.21. The van der Waals surface area contributed by atoms with E-state index in [4.69, 9.17) is 22.3 Å². The number of aliphatic hydroxyl groups is 1. The summed E-state index contributed by atoms with van der Waals surface area (Å²) in [6.07, 6.45) is 4.48. The van der Waals surface area contributed by atoms with Gasteiger partial charge in [-0.25, -0.2) is 0 Å². The van der Waals surface area contributed by atoms with Gasteiger partial charge in [0.25, 0.3) is 0 Å². The molecule has 0 aromatic heterocycles. The molecule has 0 saturated heterocycles. The average molecular weight is 335 g/mol. The second kappa shape index (κ2) is 8.92. The van der Waals surface area contributed by atoms with E-state index in [1.54, 1.807) is 12.1 Å². The smallest absolute Gasteiger partial charge is 0.0472 e. The molecule has 0 aliphatic rings. The lowest BCUT2D eigenvalue weighted by Crippen LogP contribution is -2.04. The quantitative estimate of drug-likeness (QED) is 0.521. The summed E-state index contributed by atoms with van der Waals surface area (Å²) in [5, 5.41) is 12.4. The van der Waals surface area contributed by atoms with Crippen molar-refractivity contribution >= 4 is 41.2 Å². The monoisotopic (exact) mass is 334 g/mol. The van der Waals surface area contributed by atoms with E-state index in [1.807, 2.05) is 36.4 Å². The normalized spacial score (nSPS) is 10.5. The molecule has 2 rings (SSSR count). The lowest BCUT2D eigenvalue weighted by Gasteiger charge is -2.11. The van der Waals surface area contributed by atoms with Gasteiger partial charge in [-0.3, -0.25) is 0 Å². The van der Waals surface area contributed by atoms with Crippen LogP contribution in [-0.4, -0.2) is 18.3 Å². The molecule has 124 valence electrons. The number of nitrogen functional groups attached to an aromatic ring is 3. The van der Waals surface area contributed by atoms with Crippen molar-refractivity contribution in [2.75, 3.05) is 35.7 Å². The molecule has 0 aliphatic carbocycles. The first-order valence-corrected chi connectivity index (χ1v) is 7.15. The highest BCUT2D eigenvalue weighted by atomic mass is 35.5. The Hall–Kier alpha value is -2.37.